The van der Waals surface area contributed by atoms with Gasteiger partial charge in [0, 0.05) is 13.2 Å². The minimum atomic E-state index is -0.812. The van der Waals surface area contributed by atoms with Crippen molar-refractivity contribution in [3.63, 3.8) is 0 Å². The Morgan fingerprint density at radius 2 is 1.78 bits per heavy atom. The molecule has 9 heteroatoms. The first-order chi connectivity index (χ1) is 10.7. The third kappa shape index (κ3) is 4.37. The summed E-state index contributed by atoms with van der Waals surface area (Å²) < 4.78 is 4.50. The fourth-order valence-electron chi connectivity index (χ4n) is 1.60. The summed E-state index contributed by atoms with van der Waals surface area (Å²) in [6.45, 7) is 1.21. The fourth-order valence-corrected chi connectivity index (χ4v) is 2.37. The normalized spacial score (nSPS) is 11.0. The second kappa shape index (κ2) is 8.19. The highest BCUT2D eigenvalue weighted by Gasteiger charge is 2.21. The van der Waals surface area contributed by atoms with Crippen LogP contribution in [0.5, 0.6) is 0 Å². The van der Waals surface area contributed by atoms with Gasteiger partial charge in [0.1, 0.15) is 5.57 Å². The van der Waals surface area contributed by atoms with Crippen molar-refractivity contribution < 1.29 is 19.1 Å². The zero-order chi connectivity index (χ0) is 17.7. The van der Waals surface area contributed by atoms with Crippen molar-refractivity contribution in [1.29, 1.82) is 0 Å². The van der Waals surface area contributed by atoms with Gasteiger partial charge in [0.15, 0.2) is 5.78 Å². The number of benzene rings is 1. The van der Waals surface area contributed by atoms with Gasteiger partial charge >= 0.3 is 5.97 Å². The number of hydrogen-bond acceptors (Lipinski definition) is 5. The molecule has 0 spiro atoms. The van der Waals surface area contributed by atoms with Crippen molar-refractivity contribution in [2.24, 2.45) is 0 Å². The summed E-state index contributed by atoms with van der Waals surface area (Å²) in [7, 11) is 2.56. The number of ether oxygens (including phenoxy) is 1. The van der Waals surface area contributed by atoms with Gasteiger partial charge in [0.2, 0.25) is 0 Å². The van der Waals surface area contributed by atoms with E-state index < -0.39 is 17.7 Å². The fraction of sp³-hybridized carbons (Fsp3) is 0.214. The Balaban J connectivity index is 3.34. The van der Waals surface area contributed by atoms with E-state index in [2.05, 4.69) is 15.4 Å². The van der Waals surface area contributed by atoms with Gasteiger partial charge < -0.3 is 15.4 Å². The van der Waals surface area contributed by atoms with E-state index in [-0.39, 0.29) is 31.9 Å². The molecule has 0 heterocycles. The second-order valence-corrected chi connectivity index (χ2v) is 5.40. The Kier molecular flexibility index (Phi) is 6.87. The molecule has 0 radical (unpaired) electrons. The first-order valence-electron chi connectivity index (χ1n) is 6.20. The Bertz CT molecular complexity index is 702. The zero-order valence-corrected chi connectivity index (χ0v) is 14.7. The highest BCUT2D eigenvalue weighted by molar-refractivity contribution is 6.47. The number of carbonyl (C=O) groups excluding carboxylic acids is 3. The van der Waals surface area contributed by atoms with Crippen molar-refractivity contribution >= 4 is 58.1 Å². The number of carbonyl (C=O) groups is 3. The number of anilines is 1. The molecule has 1 rings (SSSR count). The number of rotatable bonds is 5. The largest absolute Gasteiger partial charge is 0.465 e. The van der Waals surface area contributed by atoms with E-state index in [0.29, 0.717) is 0 Å². The molecule has 23 heavy (non-hydrogen) atoms. The number of nitrogens with one attached hydrogen (secondary N) is 2. The van der Waals surface area contributed by atoms with Gasteiger partial charge in [-0.25, -0.2) is 4.79 Å². The van der Waals surface area contributed by atoms with E-state index in [1.165, 1.54) is 20.0 Å². The predicted molar refractivity (Wildman–Crippen MR) is 89.3 cm³/mol. The molecule has 0 aliphatic heterocycles. The van der Waals surface area contributed by atoms with Crippen LogP contribution >= 0.6 is 34.8 Å². The molecule has 0 atom stereocenters. The molecule has 0 unspecified atom stereocenters. The van der Waals surface area contributed by atoms with Crippen LogP contribution in [0.4, 0.5) is 5.69 Å². The average molecular weight is 380 g/mol. The lowest BCUT2D eigenvalue weighted by molar-refractivity contribution is -0.137. The molecule has 1 amide bonds. The van der Waals surface area contributed by atoms with Crippen molar-refractivity contribution in [2.75, 3.05) is 19.5 Å². The summed E-state index contributed by atoms with van der Waals surface area (Å²) in [5.74, 6) is -1.85. The van der Waals surface area contributed by atoms with Gasteiger partial charge in [-0.15, -0.1) is 0 Å². The molecule has 0 saturated heterocycles. The number of ketones is 1. The summed E-state index contributed by atoms with van der Waals surface area (Å²) in [6.07, 6.45) is 1.12. The number of halogens is 3. The molecule has 124 valence electrons. The van der Waals surface area contributed by atoms with Crippen LogP contribution in [0.1, 0.15) is 17.3 Å². The van der Waals surface area contributed by atoms with Crippen LogP contribution in [0.2, 0.25) is 15.1 Å². The lowest BCUT2D eigenvalue weighted by Crippen LogP contribution is -2.19. The molecule has 0 saturated carbocycles. The quantitative estimate of drug-likeness (QED) is 0.270. The molecular formula is C14H13Cl3N2O4. The Morgan fingerprint density at radius 3 is 2.26 bits per heavy atom. The Hall–Kier alpha value is -1.76. The molecule has 1 aromatic rings. The van der Waals surface area contributed by atoms with Gasteiger partial charge in [0.25, 0.3) is 5.91 Å². The number of Topliss-reactive ketones (excluding diaryl/α,β-unsaturated/α-hetero) is 1. The van der Waals surface area contributed by atoms with Crippen LogP contribution in [0.3, 0.4) is 0 Å². The van der Waals surface area contributed by atoms with E-state index >= 15 is 0 Å². The van der Waals surface area contributed by atoms with Crippen LogP contribution in [0.25, 0.3) is 0 Å². The number of hydrogen-bond donors (Lipinski definition) is 2. The zero-order valence-electron chi connectivity index (χ0n) is 12.4. The first kappa shape index (κ1) is 19.3. The number of esters is 1. The lowest BCUT2D eigenvalue weighted by Gasteiger charge is -2.12. The van der Waals surface area contributed by atoms with Crippen LogP contribution in [0.15, 0.2) is 17.8 Å². The standard InChI is InChI=1S/C14H13Cl3N2O4/c1-6(20)7(14(22)23-3)5-19-9-4-8(15)11(16)10(12(9)17)13(21)18-2/h4-5,19H,1-3H3,(H,18,21). The van der Waals surface area contributed by atoms with Crippen molar-refractivity contribution in [2.45, 2.75) is 6.92 Å². The minimum absolute atomic E-state index is 0.00898. The van der Waals surface area contributed by atoms with Crippen LogP contribution in [0, 0.1) is 0 Å². The summed E-state index contributed by atoms with van der Waals surface area (Å²) in [4.78, 5) is 34.8. The molecular weight excluding hydrogens is 367 g/mol. The maximum atomic E-state index is 11.9. The van der Waals surface area contributed by atoms with Gasteiger partial charge in [0.05, 0.1) is 33.4 Å². The number of amides is 1. The molecule has 0 fully saturated rings. The van der Waals surface area contributed by atoms with Gasteiger partial charge in [-0.1, -0.05) is 34.8 Å². The van der Waals surface area contributed by atoms with Crippen LogP contribution < -0.4 is 10.6 Å². The molecule has 0 aliphatic rings. The third-order valence-corrected chi connectivity index (χ3v) is 3.95. The molecule has 0 bridgehead atoms. The van der Waals surface area contributed by atoms with Gasteiger partial charge in [-0.3, -0.25) is 9.59 Å². The summed E-state index contributed by atoms with van der Waals surface area (Å²) in [5, 5.41) is 5.10. The first-order valence-corrected chi connectivity index (χ1v) is 7.33. The van der Waals surface area contributed by atoms with E-state index in [1.807, 2.05) is 0 Å². The molecule has 6 nitrogen and oxygen atoms in total. The summed E-state index contributed by atoms with van der Waals surface area (Å²) in [6, 6.07) is 1.37. The highest BCUT2D eigenvalue weighted by Crippen LogP contribution is 2.37. The topological polar surface area (TPSA) is 84.5 Å². The van der Waals surface area contributed by atoms with Crippen molar-refractivity contribution in [1.82, 2.24) is 5.32 Å². The van der Waals surface area contributed by atoms with E-state index in [1.54, 1.807) is 0 Å². The Labute approximate surface area is 147 Å². The monoisotopic (exact) mass is 378 g/mol. The molecule has 0 aromatic heterocycles. The predicted octanol–water partition coefficient (Wildman–Crippen LogP) is 3.06. The summed E-state index contributed by atoms with van der Waals surface area (Å²) >= 11 is 18.1. The maximum absolute atomic E-state index is 11.9. The maximum Gasteiger partial charge on any atom is 0.342 e. The number of methoxy groups -OCH3 is 1. The van der Waals surface area contributed by atoms with Gasteiger partial charge in [-0.05, 0) is 13.0 Å². The second-order valence-electron chi connectivity index (χ2n) is 4.24. The molecule has 0 aliphatic carbocycles. The molecule has 2 N–H and O–H groups in total. The van der Waals surface area contributed by atoms with E-state index in [4.69, 9.17) is 34.8 Å². The molecule has 1 aromatic carbocycles. The minimum Gasteiger partial charge on any atom is -0.465 e. The van der Waals surface area contributed by atoms with Gasteiger partial charge in [-0.2, -0.15) is 0 Å². The van der Waals surface area contributed by atoms with Crippen LogP contribution in [-0.2, 0) is 14.3 Å². The van der Waals surface area contributed by atoms with Crippen LogP contribution in [-0.4, -0.2) is 31.8 Å². The summed E-state index contributed by atoms with van der Waals surface area (Å²) in [5.41, 5.74) is -0.0554. The SMILES string of the molecule is CNC(=O)c1c(Cl)c(Cl)cc(NC=C(C(C)=O)C(=O)OC)c1Cl. The highest BCUT2D eigenvalue weighted by atomic mass is 35.5. The Morgan fingerprint density at radius 1 is 1.17 bits per heavy atom. The average Bonchev–Trinajstić information content (AvgIpc) is 2.51. The van der Waals surface area contributed by atoms with Crippen molar-refractivity contribution in [3.05, 3.63) is 38.5 Å². The third-order valence-electron chi connectivity index (χ3n) is 2.77. The smallest absolute Gasteiger partial charge is 0.342 e. The lowest BCUT2D eigenvalue weighted by atomic mass is 10.1. The van der Waals surface area contributed by atoms with Crippen molar-refractivity contribution in [3.8, 4) is 0 Å². The van der Waals surface area contributed by atoms with E-state index in [9.17, 15) is 14.4 Å². The van der Waals surface area contributed by atoms with E-state index in [0.717, 1.165) is 13.3 Å².